The number of nitrogens with zero attached hydrogens (tertiary/aromatic N) is 2. The Hall–Kier alpha value is -2.06. The van der Waals surface area contributed by atoms with Gasteiger partial charge < -0.3 is 0 Å². The maximum absolute atomic E-state index is 5.12. The van der Waals surface area contributed by atoms with Gasteiger partial charge in [0.05, 0.1) is 12.4 Å². The lowest BCUT2D eigenvalue weighted by molar-refractivity contribution is 1.27. The SMILES string of the molecule is C#C/C(C)=C/C=N/N=C/C=C(\C)C#C. The van der Waals surface area contributed by atoms with E-state index in [9.17, 15) is 0 Å². The molecule has 0 aromatic heterocycles. The first-order chi connectivity index (χ1) is 6.70. The Bertz CT molecular complexity index is 330. The van der Waals surface area contributed by atoms with E-state index in [-0.39, 0.29) is 0 Å². The molecule has 0 N–H and O–H groups in total. The quantitative estimate of drug-likeness (QED) is 0.365. The Morgan fingerprint density at radius 2 is 1.29 bits per heavy atom. The molecular formula is C12H12N2. The summed E-state index contributed by atoms with van der Waals surface area (Å²) in [6, 6.07) is 0. The zero-order chi connectivity index (χ0) is 10.8. The van der Waals surface area contributed by atoms with Gasteiger partial charge in [-0.25, -0.2) is 0 Å². The molecule has 0 aliphatic carbocycles. The van der Waals surface area contributed by atoms with Crippen molar-refractivity contribution < 1.29 is 0 Å². The molecule has 0 fully saturated rings. The lowest BCUT2D eigenvalue weighted by Gasteiger charge is -1.80. The van der Waals surface area contributed by atoms with Crippen molar-refractivity contribution >= 4 is 12.4 Å². The van der Waals surface area contributed by atoms with Crippen LogP contribution in [0.4, 0.5) is 0 Å². The van der Waals surface area contributed by atoms with E-state index in [1.54, 1.807) is 12.2 Å². The summed E-state index contributed by atoms with van der Waals surface area (Å²) < 4.78 is 0. The van der Waals surface area contributed by atoms with Gasteiger partial charge in [0, 0.05) is 11.1 Å². The van der Waals surface area contributed by atoms with Gasteiger partial charge in [0.1, 0.15) is 0 Å². The maximum Gasteiger partial charge on any atom is 0.0504 e. The van der Waals surface area contributed by atoms with E-state index in [4.69, 9.17) is 12.8 Å². The molecule has 0 unspecified atom stereocenters. The minimum Gasteiger partial charge on any atom is -0.159 e. The van der Waals surface area contributed by atoms with Crippen molar-refractivity contribution in [1.82, 2.24) is 0 Å². The van der Waals surface area contributed by atoms with Crippen molar-refractivity contribution in [3.05, 3.63) is 23.3 Å². The second-order valence-corrected chi connectivity index (χ2v) is 2.52. The van der Waals surface area contributed by atoms with Crippen molar-refractivity contribution in [3.8, 4) is 24.7 Å². The smallest absolute Gasteiger partial charge is 0.0504 e. The van der Waals surface area contributed by atoms with Crippen LogP contribution in [0.5, 0.6) is 0 Å². The van der Waals surface area contributed by atoms with Gasteiger partial charge in [0.25, 0.3) is 0 Å². The van der Waals surface area contributed by atoms with E-state index in [1.807, 2.05) is 13.8 Å². The van der Waals surface area contributed by atoms with Crippen molar-refractivity contribution in [2.75, 3.05) is 0 Å². The molecule has 0 spiro atoms. The van der Waals surface area contributed by atoms with Gasteiger partial charge in [-0.1, -0.05) is 11.8 Å². The molecule has 0 rings (SSSR count). The summed E-state index contributed by atoms with van der Waals surface area (Å²) in [5.74, 6) is 4.93. The van der Waals surface area contributed by atoms with Gasteiger partial charge in [-0.3, -0.25) is 0 Å². The van der Waals surface area contributed by atoms with Crippen LogP contribution in [0.15, 0.2) is 33.5 Å². The number of allylic oxidation sites excluding steroid dienone is 4. The molecule has 2 nitrogen and oxygen atoms in total. The summed E-state index contributed by atoms with van der Waals surface area (Å²) in [4.78, 5) is 0. The number of hydrogen-bond donors (Lipinski definition) is 0. The van der Waals surface area contributed by atoms with Crippen molar-refractivity contribution in [2.24, 2.45) is 10.2 Å². The van der Waals surface area contributed by atoms with Gasteiger partial charge in [-0.05, 0) is 26.0 Å². The van der Waals surface area contributed by atoms with Crippen LogP contribution in [0.25, 0.3) is 0 Å². The summed E-state index contributed by atoms with van der Waals surface area (Å²) in [6.45, 7) is 3.64. The fourth-order valence-corrected chi connectivity index (χ4v) is 0.463. The lowest BCUT2D eigenvalue weighted by Crippen LogP contribution is -1.72. The molecular weight excluding hydrogens is 172 g/mol. The van der Waals surface area contributed by atoms with Crippen LogP contribution in [0.2, 0.25) is 0 Å². The zero-order valence-corrected chi connectivity index (χ0v) is 8.36. The predicted molar refractivity (Wildman–Crippen MR) is 62.2 cm³/mol. The minimum absolute atomic E-state index is 0.805. The minimum atomic E-state index is 0.805. The van der Waals surface area contributed by atoms with Gasteiger partial charge in [0.2, 0.25) is 0 Å². The van der Waals surface area contributed by atoms with Crippen LogP contribution < -0.4 is 0 Å². The first kappa shape index (κ1) is 11.9. The maximum atomic E-state index is 5.12. The number of hydrogen-bond acceptors (Lipinski definition) is 2. The van der Waals surface area contributed by atoms with Gasteiger partial charge in [-0.15, -0.1) is 12.8 Å². The highest BCUT2D eigenvalue weighted by molar-refractivity contribution is 5.76. The molecule has 14 heavy (non-hydrogen) atoms. The standard InChI is InChI=1S/C12H12N2/c1-5-11(3)7-9-13-14-10-8-12(4)6-2/h1-2,7-10H,3-4H3/b11-7+,12-8+,13-9+,14-10+. The fourth-order valence-electron chi connectivity index (χ4n) is 0.463. The summed E-state index contributed by atoms with van der Waals surface area (Å²) in [5, 5.41) is 7.45. The van der Waals surface area contributed by atoms with Crippen LogP contribution >= 0.6 is 0 Å². The molecule has 0 aromatic carbocycles. The molecule has 0 bridgehead atoms. The molecule has 0 aliphatic rings. The Kier molecular flexibility index (Phi) is 6.47. The third kappa shape index (κ3) is 6.64. The van der Waals surface area contributed by atoms with Crippen LogP contribution in [0.3, 0.4) is 0 Å². The summed E-state index contributed by atoms with van der Waals surface area (Å²) >= 11 is 0. The van der Waals surface area contributed by atoms with Gasteiger partial charge >= 0.3 is 0 Å². The first-order valence-electron chi connectivity index (χ1n) is 4.04. The van der Waals surface area contributed by atoms with Crippen molar-refractivity contribution in [3.63, 3.8) is 0 Å². The fraction of sp³-hybridized carbons (Fsp3) is 0.167. The molecule has 0 saturated heterocycles. The highest BCUT2D eigenvalue weighted by Gasteiger charge is 1.75. The normalized spacial score (nSPS) is 13.1. The Morgan fingerprint density at radius 1 is 0.929 bits per heavy atom. The molecule has 0 aliphatic heterocycles. The topological polar surface area (TPSA) is 24.7 Å². The van der Waals surface area contributed by atoms with E-state index in [0.717, 1.165) is 11.1 Å². The second-order valence-electron chi connectivity index (χ2n) is 2.52. The van der Waals surface area contributed by atoms with Crippen LogP contribution in [0, 0.1) is 24.7 Å². The summed E-state index contributed by atoms with van der Waals surface area (Å²) in [5.41, 5.74) is 1.61. The molecule has 0 radical (unpaired) electrons. The monoisotopic (exact) mass is 184 g/mol. The van der Waals surface area contributed by atoms with Gasteiger partial charge in [0.15, 0.2) is 0 Å². The van der Waals surface area contributed by atoms with E-state index in [2.05, 4.69) is 22.0 Å². The number of terminal acetylenes is 2. The average Bonchev–Trinajstić information content (AvgIpc) is 2.22. The third-order valence-corrected chi connectivity index (χ3v) is 1.30. The summed E-state index contributed by atoms with van der Waals surface area (Å²) in [6.07, 6.45) is 16.7. The van der Waals surface area contributed by atoms with E-state index >= 15 is 0 Å². The van der Waals surface area contributed by atoms with Crippen LogP contribution in [0.1, 0.15) is 13.8 Å². The zero-order valence-electron chi connectivity index (χ0n) is 8.36. The molecule has 0 amide bonds. The molecule has 0 heterocycles. The molecule has 2 heteroatoms. The first-order valence-corrected chi connectivity index (χ1v) is 4.04. The van der Waals surface area contributed by atoms with Crippen molar-refractivity contribution in [2.45, 2.75) is 13.8 Å². The predicted octanol–water partition coefficient (Wildman–Crippen LogP) is 2.20. The Balaban J connectivity index is 4.10. The van der Waals surface area contributed by atoms with Crippen molar-refractivity contribution in [1.29, 1.82) is 0 Å². The van der Waals surface area contributed by atoms with E-state index < -0.39 is 0 Å². The summed E-state index contributed by atoms with van der Waals surface area (Å²) in [7, 11) is 0. The largest absolute Gasteiger partial charge is 0.159 e. The molecule has 70 valence electrons. The highest BCUT2D eigenvalue weighted by atomic mass is 15.2. The molecule has 0 atom stereocenters. The average molecular weight is 184 g/mol. The van der Waals surface area contributed by atoms with Crippen LogP contribution in [-0.2, 0) is 0 Å². The van der Waals surface area contributed by atoms with Crippen LogP contribution in [-0.4, -0.2) is 12.4 Å². The van der Waals surface area contributed by atoms with Gasteiger partial charge in [-0.2, -0.15) is 10.2 Å². The Labute approximate surface area is 85.1 Å². The second kappa shape index (κ2) is 7.58. The lowest BCUT2D eigenvalue weighted by atomic mass is 10.3. The van der Waals surface area contributed by atoms with E-state index in [0.29, 0.717) is 0 Å². The Morgan fingerprint density at radius 3 is 1.57 bits per heavy atom. The number of rotatable bonds is 3. The molecule has 0 aromatic rings. The molecule has 0 saturated carbocycles. The third-order valence-electron chi connectivity index (χ3n) is 1.30. The highest BCUT2D eigenvalue weighted by Crippen LogP contribution is 1.86. The van der Waals surface area contributed by atoms with E-state index in [1.165, 1.54) is 12.4 Å².